The van der Waals surface area contributed by atoms with Crippen molar-refractivity contribution in [2.45, 2.75) is 39.0 Å². The van der Waals surface area contributed by atoms with E-state index in [1.165, 1.54) is 12.8 Å². The van der Waals surface area contributed by atoms with Gasteiger partial charge in [0.1, 0.15) is 0 Å². The Morgan fingerprint density at radius 3 is 2.07 bits per heavy atom. The predicted octanol–water partition coefficient (Wildman–Crippen LogP) is 1.58. The third-order valence-electron chi connectivity index (χ3n) is 4.54. The van der Waals surface area contributed by atoms with Crippen molar-refractivity contribution in [2.24, 2.45) is 0 Å². The minimum atomic E-state index is -4.16. The van der Waals surface area contributed by atoms with E-state index >= 15 is 0 Å². The Morgan fingerprint density at radius 1 is 0.897 bits per heavy atom. The van der Waals surface area contributed by atoms with Crippen molar-refractivity contribution >= 4 is 28.0 Å². The molecule has 0 radical (unpaired) electrons. The summed E-state index contributed by atoms with van der Waals surface area (Å²) < 4.78 is 32.7. The molecule has 29 heavy (non-hydrogen) atoms. The molecule has 7 heteroatoms. The second-order valence-corrected chi connectivity index (χ2v) is 8.39. The zero-order chi connectivity index (χ0) is 20.2. The van der Waals surface area contributed by atoms with Gasteiger partial charge in [0.15, 0.2) is 0 Å². The summed E-state index contributed by atoms with van der Waals surface area (Å²) in [5.41, 5.74) is 3.24. The molecule has 5 nitrogen and oxygen atoms in total. The van der Waals surface area contributed by atoms with Crippen LogP contribution < -0.4 is 34.5 Å². The molecule has 0 aliphatic heterocycles. The van der Waals surface area contributed by atoms with Gasteiger partial charge in [-0.15, -0.1) is 0 Å². The Hall–Kier alpha value is -1.18. The van der Waals surface area contributed by atoms with Crippen molar-refractivity contribution in [1.29, 1.82) is 0 Å². The molecule has 2 rings (SSSR count). The van der Waals surface area contributed by atoms with E-state index < -0.39 is 10.1 Å². The van der Waals surface area contributed by atoms with Gasteiger partial charge in [-0.25, -0.2) is 8.42 Å². The van der Waals surface area contributed by atoms with Crippen LogP contribution in [-0.4, -0.2) is 36.8 Å². The molecule has 2 aromatic rings. The summed E-state index contributed by atoms with van der Waals surface area (Å²) in [4.78, 5) is 6.19. The Kier molecular flexibility index (Phi) is 12.4. The average molecular weight is 425 g/mol. The van der Waals surface area contributed by atoms with E-state index in [4.69, 9.17) is 0 Å². The van der Waals surface area contributed by atoms with Crippen molar-refractivity contribution in [3.63, 3.8) is 0 Å². The number of aromatic nitrogens is 1. The van der Waals surface area contributed by atoms with Gasteiger partial charge in [0.05, 0.1) is 10.1 Å². The van der Waals surface area contributed by atoms with Crippen LogP contribution in [0.4, 0.5) is 5.69 Å². The maximum absolute atomic E-state index is 10.9. The Morgan fingerprint density at radius 2 is 1.48 bits per heavy atom. The maximum atomic E-state index is 10.9. The molecule has 0 atom stereocenters. The van der Waals surface area contributed by atoms with Crippen LogP contribution in [0.2, 0.25) is 0 Å². The van der Waals surface area contributed by atoms with Crippen LogP contribution in [0.5, 0.6) is 0 Å². The molecule has 1 aromatic carbocycles. The molecule has 152 valence electrons. The summed E-state index contributed by atoms with van der Waals surface area (Å²) in [5, 5.41) is 0. The van der Waals surface area contributed by atoms with Crippen molar-refractivity contribution in [1.82, 2.24) is 4.98 Å². The van der Waals surface area contributed by atoms with Crippen LogP contribution >= 0.6 is 0 Å². The summed E-state index contributed by atoms with van der Waals surface area (Å²) in [6.45, 7) is 3.61. The minimum absolute atomic E-state index is 0. The summed E-state index contributed by atoms with van der Waals surface area (Å²) in [6.07, 6.45) is 12.6. The number of hydrogen-bond acceptors (Lipinski definition) is 5. The summed E-state index contributed by atoms with van der Waals surface area (Å²) in [7, 11) is -4.16. The number of hydrogen-bond donors (Lipinski definition) is 0. The van der Waals surface area contributed by atoms with Crippen LogP contribution in [0.25, 0.3) is 12.2 Å². The molecule has 0 fully saturated rings. The maximum Gasteiger partial charge on any atom is 1.00 e. The van der Waals surface area contributed by atoms with Gasteiger partial charge in [0.2, 0.25) is 0 Å². The molecule has 0 aliphatic carbocycles. The first-order valence-electron chi connectivity index (χ1n) is 9.84. The van der Waals surface area contributed by atoms with Crippen LogP contribution in [0.15, 0.2) is 48.8 Å². The quantitative estimate of drug-likeness (QED) is 0.294. The number of nitrogens with zero attached hydrogens (tertiary/aromatic N) is 2. The second-order valence-electron chi connectivity index (χ2n) is 6.87. The standard InChI is InChI=1S/C22H30N2O3S.Na/c1-2-3-4-5-17-24(18-6-19-28(25,26)27)22-11-9-20(10-12-22)7-8-21-13-15-23-16-14-21;/h7-16H,2-6,17-19H2,1H3,(H,25,26,27);/q;+1/p-1. The summed E-state index contributed by atoms with van der Waals surface area (Å²) in [6, 6.07) is 12.1. The van der Waals surface area contributed by atoms with Gasteiger partial charge in [-0.2, -0.15) is 0 Å². The smallest absolute Gasteiger partial charge is 0.748 e. The average Bonchev–Trinajstić information content (AvgIpc) is 2.69. The zero-order valence-corrected chi connectivity index (χ0v) is 20.3. The molecule has 0 N–H and O–H groups in total. The van der Waals surface area contributed by atoms with Gasteiger partial charge in [0, 0.05) is 36.9 Å². The topological polar surface area (TPSA) is 73.3 Å². The van der Waals surface area contributed by atoms with Crippen LogP contribution in [0, 0.1) is 0 Å². The Balaban J connectivity index is 0.00000420. The summed E-state index contributed by atoms with van der Waals surface area (Å²) >= 11 is 0. The van der Waals surface area contributed by atoms with Crippen molar-refractivity contribution in [3.8, 4) is 0 Å². The van der Waals surface area contributed by atoms with E-state index in [1.807, 2.05) is 18.2 Å². The number of pyridine rings is 1. The fraction of sp³-hybridized carbons (Fsp3) is 0.409. The van der Waals surface area contributed by atoms with E-state index in [0.717, 1.165) is 36.2 Å². The molecule has 0 saturated carbocycles. The van der Waals surface area contributed by atoms with Crippen LogP contribution in [-0.2, 0) is 10.1 Å². The Bertz CT molecular complexity index is 825. The number of benzene rings is 1. The van der Waals surface area contributed by atoms with Crippen LogP contribution in [0.1, 0.15) is 50.2 Å². The molecule has 0 saturated heterocycles. The molecular formula is C22H29N2NaO3S. The third kappa shape index (κ3) is 11.0. The fourth-order valence-corrected chi connectivity index (χ4v) is 3.48. The van der Waals surface area contributed by atoms with Gasteiger partial charge in [-0.1, -0.05) is 50.5 Å². The van der Waals surface area contributed by atoms with Crippen molar-refractivity contribution in [2.75, 3.05) is 23.7 Å². The van der Waals surface area contributed by atoms with Gasteiger partial charge >= 0.3 is 29.6 Å². The zero-order valence-electron chi connectivity index (χ0n) is 17.5. The van der Waals surface area contributed by atoms with Gasteiger partial charge in [0.25, 0.3) is 0 Å². The largest absolute Gasteiger partial charge is 1.00 e. The van der Waals surface area contributed by atoms with E-state index in [9.17, 15) is 13.0 Å². The number of anilines is 1. The Labute approximate surface area is 197 Å². The molecule has 0 unspecified atom stereocenters. The van der Waals surface area contributed by atoms with Gasteiger partial charge in [-0.05, 0) is 48.2 Å². The molecule has 0 spiro atoms. The predicted molar refractivity (Wildman–Crippen MR) is 115 cm³/mol. The van der Waals surface area contributed by atoms with Crippen molar-refractivity contribution in [3.05, 3.63) is 59.9 Å². The van der Waals surface area contributed by atoms with Crippen molar-refractivity contribution < 1.29 is 42.5 Å². The van der Waals surface area contributed by atoms with Gasteiger partial charge < -0.3 is 9.45 Å². The number of unbranched alkanes of at least 4 members (excludes halogenated alkanes) is 3. The normalized spacial score (nSPS) is 11.4. The molecule has 0 amide bonds. The van der Waals surface area contributed by atoms with E-state index in [-0.39, 0.29) is 35.3 Å². The minimum Gasteiger partial charge on any atom is -0.748 e. The molecule has 0 bridgehead atoms. The monoisotopic (exact) mass is 424 g/mol. The number of rotatable bonds is 12. The first-order chi connectivity index (χ1) is 13.5. The molecular weight excluding hydrogens is 395 g/mol. The molecule has 1 heterocycles. The first kappa shape index (κ1) is 25.9. The summed E-state index contributed by atoms with van der Waals surface area (Å²) in [5.74, 6) is -0.314. The SMILES string of the molecule is CCCCCCN(CCCS(=O)(=O)[O-])c1ccc(C=Cc2ccncc2)cc1.[Na+]. The van der Waals surface area contributed by atoms with E-state index in [1.54, 1.807) is 12.4 Å². The molecule has 0 aliphatic rings. The molecule has 1 aromatic heterocycles. The first-order valence-corrected chi connectivity index (χ1v) is 11.4. The fourth-order valence-electron chi connectivity index (χ4n) is 2.99. The second kappa shape index (κ2) is 13.9. The van der Waals surface area contributed by atoms with E-state index in [2.05, 4.69) is 47.1 Å². The third-order valence-corrected chi connectivity index (χ3v) is 5.33. The van der Waals surface area contributed by atoms with Crippen LogP contribution in [0.3, 0.4) is 0 Å². The van der Waals surface area contributed by atoms with Gasteiger partial charge in [-0.3, -0.25) is 4.98 Å². The van der Waals surface area contributed by atoms with E-state index in [0.29, 0.717) is 13.0 Å².